The molecule has 0 amide bonds. The van der Waals surface area contributed by atoms with Crippen LogP contribution < -0.4 is 9.47 Å². The maximum atomic E-state index is 13.0. The van der Waals surface area contributed by atoms with Crippen LogP contribution in [0.2, 0.25) is 0 Å². The molecule has 0 saturated heterocycles. The highest BCUT2D eigenvalue weighted by Crippen LogP contribution is 2.35. The molecule has 3 aromatic rings. The van der Waals surface area contributed by atoms with Gasteiger partial charge in [-0.05, 0) is 60.2 Å². The highest BCUT2D eigenvalue weighted by Gasteiger charge is 2.27. The van der Waals surface area contributed by atoms with Crippen LogP contribution in [0.25, 0.3) is 6.08 Å². The van der Waals surface area contributed by atoms with Gasteiger partial charge in [0, 0.05) is 11.6 Å². The molecule has 0 N–H and O–H groups in total. The third kappa shape index (κ3) is 4.06. The molecule has 0 bridgehead atoms. The first-order valence-electron chi connectivity index (χ1n) is 8.75. The van der Waals surface area contributed by atoms with Gasteiger partial charge in [0.05, 0.1) is 5.56 Å². The number of hydrogen-bond donors (Lipinski definition) is 0. The second kappa shape index (κ2) is 7.67. The van der Waals surface area contributed by atoms with Gasteiger partial charge in [-0.3, -0.25) is 9.59 Å². The number of carbonyl (C=O) groups excluding carboxylic acids is 2. The number of Topliss-reactive ketones (excluding diaryl/α,β-unsaturated/α-hetero) is 2. The normalized spacial score (nSPS) is 13.9. The lowest BCUT2D eigenvalue weighted by Crippen LogP contribution is -2.11. The van der Waals surface area contributed by atoms with Gasteiger partial charge in [-0.1, -0.05) is 12.1 Å². The number of fused-ring (bicyclic) bond motifs is 1. The standard InChI is InChI=1S/C23H14F2O4/c24-16-5-1-14(2-6-16)11-22-23(27)19-10-9-18(12-21(19)29-22)28-13-20(26)15-3-7-17(25)8-4-15/h1-12H,13H2. The molecule has 0 unspecified atom stereocenters. The molecule has 0 saturated carbocycles. The predicted octanol–water partition coefficient (Wildman–Crippen LogP) is 4.84. The second-order valence-electron chi connectivity index (χ2n) is 6.37. The molecule has 1 aliphatic heterocycles. The largest absolute Gasteiger partial charge is 0.485 e. The van der Waals surface area contributed by atoms with E-state index in [2.05, 4.69) is 0 Å². The summed E-state index contributed by atoms with van der Waals surface area (Å²) in [4.78, 5) is 24.6. The minimum Gasteiger partial charge on any atom is -0.485 e. The number of halogens is 2. The average molecular weight is 392 g/mol. The lowest BCUT2D eigenvalue weighted by atomic mass is 10.1. The number of carbonyl (C=O) groups is 2. The molecule has 144 valence electrons. The fraction of sp³-hybridized carbons (Fsp3) is 0.0435. The van der Waals surface area contributed by atoms with Crippen molar-refractivity contribution >= 4 is 17.6 Å². The summed E-state index contributed by atoms with van der Waals surface area (Å²) in [5.74, 6) is -0.604. The van der Waals surface area contributed by atoms with Gasteiger partial charge in [-0.2, -0.15) is 0 Å². The second-order valence-corrected chi connectivity index (χ2v) is 6.37. The van der Waals surface area contributed by atoms with Gasteiger partial charge in [-0.15, -0.1) is 0 Å². The number of allylic oxidation sites excluding steroid dienone is 1. The van der Waals surface area contributed by atoms with E-state index in [9.17, 15) is 18.4 Å². The Morgan fingerprint density at radius 2 is 1.59 bits per heavy atom. The Bertz CT molecular complexity index is 1120. The van der Waals surface area contributed by atoms with E-state index in [1.54, 1.807) is 12.1 Å². The van der Waals surface area contributed by atoms with Gasteiger partial charge in [0.25, 0.3) is 0 Å². The summed E-state index contributed by atoms with van der Waals surface area (Å²) in [5.41, 5.74) is 1.34. The lowest BCUT2D eigenvalue weighted by Gasteiger charge is -2.07. The van der Waals surface area contributed by atoms with Crippen molar-refractivity contribution in [3.05, 3.63) is 101 Å². The third-order valence-corrected chi connectivity index (χ3v) is 4.35. The first kappa shape index (κ1) is 18.6. The summed E-state index contributed by atoms with van der Waals surface area (Å²) < 4.78 is 37.1. The van der Waals surface area contributed by atoms with E-state index >= 15 is 0 Å². The van der Waals surface area contributed by atoms with Crippen LogP contribution in [0.5, 0.6) is 11.5 Å². The monoisotopic (exact) mass is 392 g/mol. The Hall–Kier alpha value is -3.80. The van der Waals surface area contributed by atoms with Crippen LogP contribution in [-0.2, 0) is 0 Å². The van der Waals surface area contributed by atoms with Crippen molar-refractivity contribution in [2.24, 2.45) is 0 Å². The van der Waals surface area contributed by atoms with Crippen LogP contribution in [0.15, 0.2) is 72.5 Å². The SMILES string of the molecule is O=C(COc1ccc2c(c1)OC(=Cc1ccc(F)cc1)C2=O)c1ccc(F)cc1. The molecule has 0 fully saturated rings. The van der Waals surface area contributed by atoms with Crippen molar-refractivity contribution < 1.29 is 27.8 Å². The Morgan fingerprint density at radius 3 is 2.28 bits per heavy atom. The maximum Gasteiger partial charge on any atom is 0.231 e. The molecule has 1 aliphatic rings. The molecular formula is C23H14F2O4. The summed E-state index contributed by atoms with van der Waals surface area (Å²) >= 11 is 0. The Morgan fingerprint density at radius 1 is 0.931 bits per heavy atom. The van der Waals surface area contributed by atoms with E-state index in [0.29, 0.717) is 28.2 Å². The zero-order valence-corrected chi connectivity index (χ0v) is 15.0. The zero-order valence-electron chi connectivity index (χ0n) is 15.0. The zero-order chi connectivity index (χ0) is 20.4. The van der Waals surface area contributed by atoms with Crippen LogP contribution in [-0.4, -0.2) is 18.2 Å². The van der Waals surface area contributed by atoms with Crippen LogP contribution in [0, 0.1) is 11.6 Å². The Labute approximate surface area is 165 Å². The molecule has 1 heterocycles. The van der Waals surface area contributed by atoms with E-state index in [-0.39, 0.29) is 29.7 Å². The van der Waals surface area contributed by atoms with E-state index < -0.39 is 5.82 Å². The molecule has 29 heavy (non-hydrogen) atoms. The lowest BCUT2D eigenvalue weighted by molar-refractivity contribution is 0.0920. The van der Waals surface area contributed by atoms with E-state index in [0.717, 1.165) is 0 Å². The van der Waals surface area contributed by atoms with Crippen LogP contribution in [0.3, 0.4) is 0 Å². The molecule has 6 heteroatoms. The maximum absolute atomic E-state index is 13.0. The average Bonchev–Trinajstić information content (AvgIpc) is 3.03. The molecule has 4 nitrogen and oxygen atoms in total. The molecular weight excluding hydrogens is 378 g/mol. The van der Waals surface area contributed by atoms with E-state index in [1.165, 1.54) is 60.7 Å². The molecule has 0 aromatic heterocycles. The van der Waals surface area contributed by atoms with E-state index in [1.807, 2.05) is 0 Å². The van der Waals surface area contributed by atoms with Crippen molar-refractivity contribution in [1.29, 1.82) is 0 Å². The number of ether oxygens (including phenoxy) is 2. The van der Waals surface area contributed by atoms with Crippen LogP contribution in [0.1, 0.15) is 26.3 Å². The molecule has 0 atom stereocenters. The molecule has 4 rings (SSSR count). The number of benzene rings is 3. The molecule has 0 spiro atoms. The topological polar surface area (TPSA) is 52.6 Å². The summed E-state index contributed by atoms with van der Waals surface area (Å²) in [5, 5.41) is 0. The van der Waals surface area contributed by atoms with Gasteiger partial charge >= 0.3 is 0 Å². The van der Waals surface area contributed by atoms with Gasteiger partial charge < -0.3 is 9.47 Å². The van der Waals surface area contributed by atoms with Crippen molar-refractivity contribution in [3.8, 4) is 11.5 Å². The van der Waals surface area contributed by atoms with Crippen molar-refractivity contribution in [2.75, 3.05) is 6.61 Å². The number of ketones is 2. The molecule has 3 aromatic carbocycles. The highest BCUT2D eigenvalue weighted by molar-refractivity contribution is 6.14. The summed E-state index contributed by atoms with van der Waals surface area (Å²) in [6.07, 6.45) is 1.53. The van der Waals surface area contributed by atoms with Crippen molar-refractivity contribution in [3.63, 3.8) is 0 Å². The molecule has 0 aliphatic carbocycles. The summed E-state index contributed by atoms with van der Waals surface area (Å²) in [6.45, 7) is -0.239. The smallest absolute Gasteiger partial charge is 0.231 e. The minimum absolute atomic E-state index is 0.117. The summed E-state index contributed by atoms with van der Waals surface area (Å²) in [6, 6.07) is 15.5. The Balaban J connectivity index is 1.46. The fourth-order valence-corrected chi connectivity index (χ4v) is 2.84. The third-order valence-electron chi connectivity index (χ3n) is 4.35. The van der Waals surface area contributed by atoms with Crippen LogP contribution >= 0.6 is 0 Å². The number of rotatable bonds is 5. The number of hydrogen-bond acceptors (Lipinski definition) is 4. The highest BCUT2D eigenvalue weighted by atomic mass is 19.1. The van der Waals surface area contributed by atoms with E-state index in [4.69, 9.17) is 9.47 Å². The van der Waals surface area contributed by atoms with Gasteiger partial charge in [-0.25, -0.2) is 8.78 Å². The predicted molar refractivity (Wildman–Crippen MR) is 102 cm³/mol. The minimum atomic E-state index is -0.424. The van der Waals surface area contributed by atoms with Crippen molar-refractivity contribution in [2.45, 2.75) is 0 Å². The first-order chi connectivity index (χ1) is 14.0. The van der Waals surface area contributed by atoms with Crippen molar-refractivity contribution in [1.82, 2.24) is 0 Å². The summed E-state index contributed by atoms with van der Waals surface area (Å²) in [7, 11) is 0. The van der Waals surface area contributed by atoms with Gasteiger partial charge in [0.15, 0.2) is 18.1 Å². The fourth-order valence-electron chi connectivity index (χ4n) is 2.84. The Kier molecular flexibility index (Phi) is 4.91. The van der Waals surface area contributed by atoms with Gasteiger partial charge in [0.2, 0.25) is 5.78 Å². The van der Waals surface area contributed by atoms with Crippen LogP contribution in [0.4, 0.5) is 8.78 Å². The first-order valence-corrected chi connectivity index (χ1v) is 8.75. The molecule has 0 radical (unpaired) electrons. The quantitative estimate of drug-likeness (QED) is 0.460. The van der Waals surface area contributed by atoms with Gasteiger partial charge in [0.1, 0.15) is 23.1 Å².